The van der Waals surface area contributed by atoms with Gasteiger partial charge < -0.3 is 19.9 Å². The van der Waals surface area contributed by atoms with Gasteiger partial charge in [-0.05, 0) is 37.6 Å². The van der Waals surface area contributed by atoms with Crippen LogP contribution in [-0.2, 0) is 9.53 Å². The number of anilines is 2. The highest BCUT2D eigenvalue weighted by molar-refractivity contribution is 5.90. The molecule has 0 saturated carbocycles. The molecule has 23 heavy (non-hydrogen) atoms. The van der Waals surface area contributed by atoms with Crippen molar-refractivity contribution in [2.24, 2.45) is 0 Å². The molecule has 0 unspecified atom stereocenters. The fraction of sp³-hybridized carbons (Fsp3) is 0.529. The van der Waals surface area contributed by atoms with Crippen molar-refractivity contribution in [1.82, 2.24) is 4.90 Å². The smallest absolute Gasteiger partial charge is 0.409 e. The van der Waals surface area contributed by atoms with E-state index in [1.54, 1.807) is 4.90 Å². The summed E-state index contributed by atoms with van der Waals surface area (Å²) < 4.78 is 5.02. The predicted molar refractivity (Wildman–Crippen MR) is 90.8 cm³/mol. The quantitative estimate of drug-likeness (QED) is 0.906. The van der Waals surface area contributed by atoms with E-state index in [2.05, 4.69) is 10.2 Å². The normalized spacial score (nSPS) is 14.5. The van der Waals surface area contributed by atoms with Crippen LogP contribution in [0.2, 0.25) is 0 Å². The van der Waals surface area contributed by atoms with E-state index in [9.17, 15) is 9.59 Å². The van der Waals surface area contributed by atoms with Gasteiger partial charge in [-0.25, -0.2) is 4.79 Å². The minimum atomic E-state index is -0.235. The maximum absolute atomic E-state index is 11.7. The molecule has 1 aromatic rings. The molecule has 126 valence electrons. The van der Waals surface area contributed by atoms with Gasteiger partial charge in [-0.3, -0.25) is 4.79 Å². The summed E-state index contributed by atoms with van der Waals surface area (Å²) in [5.41, 5.74) is 1.92. The zero-order valence-corrected chi connectivity index (χ0v) is 13.9. The number of piperazine rings is 1. The van der Waals surface area contributed by atoms with Gasteiger partial charge >= 0.3 is 6.09 Å². The van der Waals surface area contributed by atoms with Crippen LogP contribution in [0.25, 0.3) is 0 Å². The topological polar surface area (TPSA) is 61.9 Å². The molecular formula is C17H25N3O3. The van der Waals surface area contributed by atoms with Crippen molar-refractivity contribution in [3.8, 4) is 0 Å². The third-order valence-corrected chi connectivity index (χ3v) is 3.80. The van der Waals surface area contributed by atoms with E-state index in [4.69, 9.17) is 4.74 Å². The Morgan fingerprint density at radius 1 is 1.09 bits per heavy atom. The van der Waals surface area contributed by atoms with Crippen LogP contribution >= 0.6 is 0 Å². The lowest BCUT2D eigenvalue weighted by Gasteiger charge is -2.35. The highest BCUT2D eigenvalue weighted by atomic mass is 16.6. The van der Waals surface area contributed by atoms with Crippen LogP contribution < -0.4 is 10.2 Å². The van der Waals surface area contributed by atoms with Gasteiger partial charge in [-0.1, -0.05) is 6.92 Å². The van der Waals surface area contributed by atoms with Crippen LogP contribution in [0, 0.1) is 0 Å². The molecule has 6 nitrogen and oxygen atoms in total. The van der Waals surface area contributed by atoms with Gasteiger partial charge in [0.25, 0.3) is 0 Å². The SMILES string of the molecule is CCCC(=O)Nc1ccc(N2CCN(C(=O)OCC)CC2)cc1. The number of hydrogen-bond acceptors (Lipinski definition) is 4. The van der Waals surface area contributed by atoms with Gasteiger partial charge in [-0.15, -0.1) is 0 Å². The molecule has 1 saturated heterocycles. The Bertz CT molecular complexity index is 522. The number of carbonyl (C=O) groups is 2. The van der Waals surface area contributed by atoms with Gasteiger partial charge in [0.15, 0.2) is 0 Å². The number of rotatable bonds is 5. The average Bonchev–Trinajstić information content (AvgIpc) is 2.56. The van der Waals surface area contributed by atoms with E-state index in [0.29, 0.717) is 26.1 Å². The molecule has 1 aliphatic rings. The molecule has 1 N–H and O–H groups in total. The molecule has 0 radical (unpaired) electrons. The number of carbonyl (C=O) groups excluding carboxylic acids is 2. The number of hydrogen-bond donors (Lipinski definition) is 1. The Morgan fingerprint density at radius 2 is 1.74 bits per heavy atom. The molecule has 0 atom stereocenters. The van der Waals surface area contributed by atoms with Gasteiger partial charge in [0.05, 0.1) is 6.61 Å². The fourth-order valence-electron chi connectivity index (χ4n) is 2.57. The molecule has 2 amide bonds. The highest BCUT2D eigenvalue weighted by Crippen LogP contribution is 2.20. The zero-order valence-electron chi connectivity index (χ0n) is 13.9. The summed E-state index contributed by atoms with van der Waals surface area (Å²) in [5, 5.41) is 2.88. The van der Waals surface area contributed by atoms with Crippen molar-refractivity contribution in [3.63, 3.8) is 0 Å². The second-order valence-corrected chi connectivity index (χ2v) is 5.52. The monoisotopic (exact) mass is 319 g/mol. The summed E-state index contributed by atoms with van der Waals surface area (Å²) in [4.78, 5) is 27.2. The Morgan fingerprint density at radius 3 is 2.30 bits per heavy atom. The molecule has 1 aromatic carbocycles. The van der Waals surface area contributed by atoms with Crippen LogP contribution in [0.5, 0.6) is 0 Å². The third-order valence-electron chi connectivity index (χ3n) is 3.80. The molecule has 0 aromatic heterocycles. The molecule has 6 heteroatoms. The highest BCUT2D eigenvalue weighted by Gasteiger charge is 2.21. The maximum atomic E-state index is 11.7. The van der Waals surface area contributed by atoms with Crippen molar-refractivity contribution in [3.05, 3.63) is 24.3 Å². The minimum Gasteiger partial charge on any atom is -0.450 e. The number of nitrogens with one attached hydrogen (secondary N) is 1. The van der Waals surface area contributed by atoms with Gasteiger partial charge in [0, 0.05) is 44.0 Å². The van der Waals surface area contributed by atoms with Crippen LogP contribution in [-0.4, -0.2) is 49.7 Å². The molecule has 0 spiro atoms. The first-order valence-electron chi connectivity index (χ1n) is 8.20. The van der Waals surface area contributed by atoms with Crippen LogP contribution in [0.3, 0.4) is 0 Å². The Balaban J connectivity index is 1.86. The predicted octanol–water partition coefficient (Wildman–Crippen LogP) is 2.70. The summed E-state index contributed by atoms with van der Waals surface area (Å²) >= 11 is 0. The van der Waals surface area contributed by atoms with Gasteiger partial charge in [0.1, 0.15) is 0 Å². The number of ether oxygens (including phenoxy) is 1. The molecule has 0 aliphatic carbocycles. The second-order valence-electron chi connectivity index (χ2n) is 5.52. The average molecular weight is 319 g/mol. The minimum absolute atomic E-state index is 0.0447. The van der Waals surface area contributed by atoms with E-state index in [1.165, 1.54) is 0 Å². The maximum Gasteiger partial charge on any atom is 0.409 e. The summed E-state index contributed by atoms with van der Waals surface area (Å²) in [6.07, 6.45) is 1.15. The van der Waals surface area contributed by atoms with Crippen LogP contribution in [0.15, 0.2) is 24.3 Å². The summed E-state index contributed by atoms with van der Waals surface area (Å²) in [6.45, 7) is 7.08. The first-order chi connectivity index (χ1) is 11.1. The Kier molecular flexibility index (Phi) is 6.26. The molecule has 1 fully saturated rings. The van der Waals surface area contributed by atoms with Crippen molar-refractivity contribution in [2.45, 2.75) is 26.7 Å². The summed E-state index contributed by atoms with van der Waals surface area (Å²) in [5.74, 6) is 0.0447. The van der Waals surface area contributed by atoms with E-state index >= 15 is 0 Å². The number of nitrogens with zero attached hydrogens (tertiary/aromatic N) is 2. The Labute approximate surface area is 137 Å². The first kappa shape index (κ1) is 17.1. The lowest BCUT2D eigenvalue weighted by molar-refractivity contribution is -0.116. The lowest BCUT2D eigenvalue weighted by Crippen LogP contribution is -2.49. The standard InChI is InChI=1S/C17H25N3O3/c1-3-5-16(21)18-14-6-8-15(9-7-14)19-10-12-20(13-11-19)17(22)23-4-2/h6-9H,3-5,10-13H2,1-2H3,(H,18,21). The Hall–Kier alpha value is -2.24. The van der Waals surface area contributed by atoms with Crippen LogP contribution in [0.1, 0.15) is 26.7 Å². The largest absolute Gasteiger partial charge is 0.450 e. The van der Waals surface area contributed by atoms with Gasteiger partial charge in [0.2, 0.25) is 5.91 Å². The summed E-state index contributed by atoms with van der Waals surface area (Å²) in [7, 11) is 0. The van der Waals surface area contributed by atoms with Crippen LogP contribution in [0.4, 0.5) is 16.2 Å². The van der Waals surface area contributed by atoms with Crippen molar-refractivity contribution in [1.29, 1.82) is 0 Å². The fourth-order valence-corrected chi connectivity index (χ4v) is 2.57. The first-order valence-corrected chi connectivity index (χ1v) is 8.20. The van der Waals surface area contributed by atoms with E-state index in [1.807, 2.05) is 38.1 Å². The third kappa shape index (κ3) is 4.87. The zero-order chi connectivity index (χ0) is 16.7. The summed E-state index contributed by atoms with van der Waals surface area (Å²) in [6, 6.07) is 7.84. The molecular weight excluding hydrogens is 294 g/mol. The van der Waals surface area contributed by atoms with E-state index < -0.39 is 0 Å². The van der Waals surface area contributed by atoms with Gasteiger partial charge in [-0.2, -0.15) is 0 Å². The van der Waals surface area contributed by atoms with E-state index in [0.717, 1.165) is 30.9 Å². The van der Waals surface area contributed by atoms with Crippen molar-refractivity contribution in [2.75, 3.05) is 43.0 Å². The molecule has 0 bridgehead atoms. The number of amides is 2. The van der Waals surface area contributed by atoms with Crippen molar-refractivity contribution < 1.29 is 14.3 Å². The number of benzene rings is 1. The second kappa shape index (κ2) is 8.41. The van der Waals surface area contributed by atoms with E-state index in [-0.39, 0.29) is 12.0 Å². The lowest BCUT2D eigenvalue weighted by atomic mass is 10.2. The molecule has 2 rings (SSSR count). The molecule has 1 aliphatic heterocycles. The van der Waals surface area contributed by atoms with Crippen molar-refractivity contribution >= 4 is 23.4 Å². The molecule has 1 heterocycles.